The summed E-state index contributed by atoms with van der Waals surface area (Å²) in [6, 6.07) is 15.7. The Labute approximate surface area is 145 Å². The monoisotopic (exact) mass is 338 g/mol. The minimum Gasteiger partial charge on any atom is -0.496 e. The molecule has 0 atom stereocenters. The number of nitrogens with zero attached hydrogens (tertiary/aromatic N) is 2. The first kappa shape index (κ1) is 16.7. The number of rotatable bonds is 6. The van der Waals surface area contributed by atoms with E-state index in [0.29, 0.717) is 24.0 Å². The molecule has 6 heteroatoms. The largest absolute Gasteiger partial charge is 0.496 e. The SMILES string of the molecule is COc1ccccc1CNc1cc(Nc2ccc(F)cc2)nc(C)n1. The van der Waals surface area contributed by atoms with Crippen molar-refractivity contribution in [3.8, 4) is 5.75 Å². The molecule has 0 aliphatic rings. The van der Waals surface area contributed by atoms with Gasteiger partial charge in [0.05, 0.1) is 7.11 Å². The lowest BCUT2D eigenvalue weighted by molar-refractivity contribution is 0.410. The maximum Gasteiger partial charge on any atom is 0.136 e. The second kappa shape index (κ2) is 7.61. The fourth-order valence-corrected chi connectivity index (χ4v) is 2.44. The lowest BCUT2D eigenvalue weighted by atomic mass is 10.2. The van der Waals surface area contributed by atoms with Gasteiger partial charge in [0, 0.05) is 23.9 Å². The fraction of sp³-hybridized carbons (Fsp3) is 0.158. The Bertz CT molecular complexity index is 852. The quantitative estimate of drug-likeness (QED) is 0.702. The van der Waals surface area contributed by atoms with Crippen molar-refractivity contribution in [2.24, 2.45) is 0 Å². The lowest BCUT2D eigenvalue weighted by Crippen LogP contribution is -2.06. The summed E-state index contributed by atoms with van der Waals surface area (Å²) in [5.74, 6) is 2.52. The molecule has 3 rings (SSSR count). The Kier molecular flexibility index (Phi) is 5.09. The highest BCUT2D eigenvalue weighted by atomic mass is 19.1. The summed E-state index contributed by atoms with van der Waals surface area (Å²) in [6.45, 7) is 2.40. The van der Waals surface area contributed by atoms with E-state index in [0.717, 1.165) is 17.0 Å². The van der Waals surface area contributed by atoms with E-state index in [9.17, 15) is 4.39 Å². The van der Waals surface area contributed by atoms with Crippen LogP contribution in [0.2, 0.25) is 0 Å². The van der Waals surface area contributed by atoms with Crippen LogP contribution in [0.3, 0.4) is 0 Å². The van der Waals surface area contributed by atoms with E-state index in [1.807, 2.05) is 37.3 Å². The van der Waals surface area contributed by atoms with Crippen LogP contribution < -0.4 is 15.4 Å². The number of hydrogen-bond acceptors (Lipinski definition) is 5. The summed E-state index contributed by atoms with van der Waals surface area (Å²) in [7, 11) is 1.65. The molecule has 3 aromatic rings. The number of aryl methyl sites for hydroxylation is 1. The first-order valence-corrected chi connectivity index (χ1v) is 7.88. The van der Waals surface area contributed by atoms with Gasteiger partial charge in [-0.15, -0.1) is 0 Å². The van der Waals surface area contributed by atoms with Crippen molar-refractivity contribution >= 4 is 17.3 Å². The minimum atomic E-state index is -0.274. The molecule has 0 fully saturated rings. The molecule has 0 saturated heterocycles. The number of benzene rings is 2. The molecule has 0 saturated carbocycles. The van der Waals surface area contributed by atoms with E-state index in [2.05, 4.69) is 20.6 Å². The number of hydrogen-bond donors (Lipinski definition) is 2. The van der Waals surface area contributed by atoms with Crippen molar-refractivity contribution in [3.05, 3.63) is 71.8 Å². The molecule has 2 aromatic carbocycles. The van der Waals surface area contributed by atoms with Crippen molar-refractivity contribution in [2.45, 2.75) is 13.5 Å². The zero-order chi connectivity index (χ0) is 17.6. The van der Waals surface area contributed by atoms with Gasteiger partial charge in [-0.2, -0.15) is 0 Å². The molecular formula is C19H19FN4O. The first-order chi connectivity index (χ1) is 12.1. The summed E-state index contributed by atoms with van der Waals surface area (Å²) in [5.41, 5.74) is 1.80. The number of nitrogens with one attached hydrogen (secondary N) is 2. The van der Waals surface area contributed by atoms with Crippen LogP contribution in [0.25, 0.3) is 0 Å². The topological polar surface area (TPSA) is 59.1 Å². The normalized spacial score (nSPS) is 10.4. The van der Waals surface area contributed by atoms with E-state index in [1.165, 1.54) is 12.1 Å². The summed E-state index contributed by atoms with van der Waals surface area (Å²) in [6.07, 6.45) is 0. The smallest absolute Gasteiger partial charge is 0.136 e. The highest BCUT2D eigenvalue weighted by molar-refractivity contribution is 5.59. The molecule has 1 aromatic heterocycles. The van der Waals surface area contributed by atoms with Crippen LogP contribution in [0.4, 0.5) is 21.7 Å². The highest BCUT2D eigenvalue weighted by Crippen LogP contribution is 2.21. The first-order valence-electron chi connectivity index (χ1n) is 7.88. The van der Waals surface area contributed by atoms with Gasteiger partial charge in [0.25, 0.3) is 0 Å². The molecule has 0 amide bonds. The van der Waals surface area contributed by atoms with Crippen LogP contribution in [0, 0.1) is 12.7 Å². The number of methoxy groups -OCH3 is 1. The van der Waals surface area contributed by atoms with E-state index >= 15 is 0 Å². The Morgan fingerprint density at radius 1 is 1.00 bits per heavy atom. The van der Waals surface area contributed by atoms with Crippen molar-refractivity contribution in [3.63, 3.8) is 0 Å². The summed E-state index contributed by atoms with van der Waals surface area (Å²) < 4.78 is 18.4. The molecule has 0 unspecified atom stereocenters. The molecule has 0 bridgehead atoms. The van der Waals surface area contributed by atoms with E-state index in [4.69, 9.17) is 4.74 Å². The van der Waals surface area contributed by atoms with E-state index < -0.39 is 0 Å². The Morgan fingerprint density at radius 2 is 1.72 bits per heavy atom. The summed E-state index contributed by atoms with van der Waals surface area (Å²) in [5, 5.41) is 6.43. The average Bonchev–Trinajstić information content (AvgIpc) is 2.62. The molecule has 5 nitrogen and oxygen atoms in total. The van der Waals surface area contributed by atoms with Crippen LogP contribution in [0.5, 0.6) is 5.75 Å². The zero-order valence-electron chi connectivity index (χ0n) is 14.1. The Balaban J connectivity index is 1.74. The van der Waals surface area contributed by atoms with Crippen molar-refractivity contribution < 1.29 is 9.13 Å². The number of anilines is 3. The van der Waals surface area contributed by atoms with Gasteiger partial charge in [0.1, 0.15) is 29.0 Å². The third-order valence-corrected chi connectivity index (χ3v) is 3.61. The number of para-hydroxylation sites is 1. The van der Waals surface area contributed by atoms with Gasteiger partial charge < -0.3 is 15.4 Å². The maximum atomic E-state index is 13.0. The lowest BCUT2D eigenvalue weighted by Gasteiger charge is -2.12. The van der Waals surface area contributed by atoms with Crippen LogP contribution in [-0.4, -0.2) is 17.1 Å². The van der Waals surface area contributed by atoms with Crippen molar-refractivity contribution in [2.75, 3.05) is 17.7 Å². The van der Waals surface area contributed by atoms with Crippen LogP contribution >= 0.6 is 0 Å². The van der Waals surface area contributed by atoms with Gasteiger partial charge in [-0.25, -0.2) is 14.4 Å². The van der Waals surface area contributed by atoms with E-state index in [1.54, 1.807) is 19.2 Å². The van der Waals surface area contributed by atoms with Gasteiger partial charge in [-0.3, -0.25) is 0 Å². The van der Waals surface area contributed by atoms with Crippen molar-refractivity contribution in [1.29, 1.82) is 0 Å². The second-order valence-electron chi connectivity index (χ2n) is 5.48. The van der Waals surface area contributed by atoms with Gasteiger partial charge >= 0.3 is 0 Å². The Morgan fingerprint density at radius 3 is 2.48 bits per heavy atom. The average molecular weight is 338 g/mol. The number of ether oxygens (including phenoxy) is 1. The minimum absolute atomic E-state index is 0.274. The third-order valence-electron chi connectivity index (χ3n) is 3.61. The fourth-order valence-electron chi connectivity index (χ4n) is 2.44. The molecule has 0 aliphatic carbocycles. The Hall–Kier alpha value is -3.15. The van der Waals surface area contributed by atoms with Crippen LogP contribution in [-0.2, 0) is 6.54 Å². The third kappa shape index (κ3) is 4.44. The van der Waals surface area contributed by atoms with Crippen molar-refractivity contribution in [1.82, 2.24) is 9.97 Å². The van der Waals surface area contributed by atoms with Crippen LogP contribution in [0.1, 0.15) is 11.4 Å². The molecule has 0 aliphatic heterocycles. The maximum absolute atomic E-state index is 13.0. The predicted octanol–water partition coefficient (Wildman–Crippen LogP) is 4.29. The van der Waals surface area contributed by atoms with Gasteiger partial charge in [-0.05, 0) is 37.3 Å². The molecule has 128 valence electrons. The molecule has 1 heterocycles. The second-order valence-corrected chi connectivity index (χ2v) is 5.48. The highest BCUT2D eigenvalue weighted by Gasteiger charge is 2.05. The molecular weight excluding hydrogens is 319 g/mol. The molecule has 25 heavy (non-hydrogen) atoms. The standard InChI is InChI=1S/C19H19FN4O/c1-13-22-18(21-12-14-5-3-4-6-17(14)25-2)11-19(23-13)24-16-9-7-15(20)8-10-16/h3-11H,12H2,1-2H3,(H2,21,22,23,24). The van der Waals surface area contributed by atoms with Gasteiger partial charge in [-0.1, -0.05) is 18.2 Å². The number of aromatic nitrogens is 2. The predicted molar refractivity (Wildman–Crippen MR) is 96.8 cm³/mol. The molecule has 0 spiro atoms. The summed E-state index contributed by atoms with van der Waals surface area (Å²) in [4.78, 5) is 8.76. The summed E-state index contributed by atoms with van der Waals surface area (Å²) >= 11 is 0. The van der Waals surface area contributed by atoms with E-state index in [-0.39, 0.29) is 5.82 Å². The van der Waals surface area contributed by atoms with Crippen LogP contribution in [0.15, 0.2) is 54.6 Å². The molecule has 2 N–H and O–H groups in total. The molecule has 0 radical (unpaired) electrons. The zero-order valence-corrected chi connectivity index (χ0v) is 14.1. The van der Waals surface area contributed by atoms with Gasteiger partial charge in [0.2, 0.25) is 0 Å². The number of halogens is 1. The van der Waals surface area contributed by atoms with Gasteiger partial charge in [0.15, 0.2) is 0 Å².